The first-order valence-corrected chi connectivity index (χ1v) is 12.1. The minimum absolute atomic E-state index is 0.290. The predicted molar refractivity (Wildman–Crippen MR) is 114 cm³/mol. The quantitative estimate of drug-likeness (QED) is 0.455. The molecule has 1 aromatic carbocycles. The molecule has 0 bridgehead atoms. The topological polar surface area (TPSA) is 54.9 Å². The van der Waals surface area contributed by atoms with Crippen molar-refractivity contribution in [3.8, 4) is 0 Å². The SMILES string of the molecule is CC1(C)Cc2nc(Nc3cc([SH](C)(=O)c4ccccc4)cc(Cl)n3)sc2C1. The van der Waals surface area contributed by atoms with E-state index in [-0.39, 0.29) is 0 Å². The molecule has 0 atom stereocenters. The molecule has 27 heavy (non-hydrogen) atoms. The molecule has 0 fully saturated rings. The van der Waals surface area contributed by atoms with Gasteiger partial charge in [0.15, 0.2) is 5.13 Å². The summed E-state index contributed by atoms with van der Waals surface area (Å²) in [5.74, 6) is 0.571. The van der Waals surface area contributed by atoms with Gasteiger partial charge in [-0.1, -0.05) is 53.6 Å². The lowest BCUT2D eigenvalue weighted by molar-refractivity contribution is 0.391. The van der Waals surface area contributed by atoms with Crippen molar-refractivity contribution in [1.29, 1.82) is 0 Å². The highest BCUT2D eigenvalue weighted by Crippen LogP contribution is 2.41. The summed E-state index contributed by atoms with van der Waals surface area (Å²) in [6.45, 7) is 4.53. The van der Waals surface area contributed by atoms with Crippen molar-refractivity contribution >= 4 is 43.8 Å². The maximum Gasteiger partial charge on any atom is 0.188 e. The Bertz CT molecular complexity index is 1020. The van der Waals surface area contributed by atoms with E-state index in [4.69, 9.17) is 16.6 Å². The zero-order chi connectivity index (χ0) is 19.2. The Morgan fingerprint density at radius 3 is 2.56 bits per heavy atom. The maximum atomic E-state index is 13.4. The number of hydrogen-bond donors (Lipinski definition) is 2. The van der Waals surface area contributed by atoms with Gasteiger partial charge in [-0.05, 0) is 48.8 Å². The summed E-state index contributed by atoms with van der Waals surface area (Å²) in [7, 11) is -2.75. The van der Waals surface area contributed by atoms with E-state index >= 15 is 0 Å². The Morgan fingerprint density at radius 1 is 1.11 bits per heavy atom. The zero-order valence-corrected chi connectivity index (χ0v) is 18.0. The van der Waals surface area contributed by atoms with Crippen LogP contribution in [-0.4, -0.2) is 20.4 Å². The Balaban J connectivity index is 1.63. The van der Waals surface area contributed by atoms with Gasteiger partial charge in [-0.2, -0.15) is 0 Å². The van der Waals surface area contributed by atoms with E-state index in [1.807, 2.05) is 36.4 Å². The van der Waals surface area contributed by atoms with Crippen molar-refractivity contribution < 1.29 is 4.21 Å². The third-order valence-corrected chi connectivity index (χ3v) is 8.55. The monoisotopic (exact) mass is 419 g/mol. The van der Waals surface area contributed by atoms with E-state index in [9.17, 15) is 4.21 Å². The van der Waals surface area contributed by atoms with Crippen LogP contribution in [0.1, 0.15) is 24.4 Å². The van der Waals surface area contributed by atoms with Gasteiger partial charge in [-0.3, -0.25) is 4.21 Å². The van der Waals surface area contributed by atoms with Crippen molar-refractivity contribution in [2.45, 2.75) is 36.5 Å². The smallest absolute Gasteiger partial charge is 0.188 e. The highest BCUT2D eigenvalue weighted by atomic mass is 35.5. The second-order valence-electron chi connectivity index (χ2n) is 7.82. The number of thiol groups is 1. The average molecular weight is 420 g/mol. The second-order valence-corrected chi connectivity index (χ2v) is 12.2. The lowest BCUT2D eigenvalue weighted by Crippen LogP contribution is -2.11. The molecular weight excluding hydrogens is 398 g/mol. The largest absolute Gasteiger partial charge is 0.316 e. The number of rotatable bonds is 4. The number of pyridine rings is 1. The summed E-state index contributed by atoms with van der Waals surface area (Å²) in [4.78, 5) is 11.9. The molecule has 1 aliphatic rings. The van der Waals surface area contributed by atoms with Crippen LogP contribution in [0.4, 0.5) is 10.9 Å². The summed E-state index contributed by atoms with van der Waals surface area (Å²) >= 11 is 7.89. The van der Waals surface area contributed by atoms with Crippen LogP contribution in [0.2, 0.25) is 5.15 Å². The fraction of sp³-hybridized carbons (Fsp3) is 0.300. The first-order valence-electron chi connectivity index (χ1n) is 8.80. The van der Waals surface area contributed by atoms with Crippen LogP contribution in [0.3, 0.4) is 0 Å². The number of hydrogen-bond acceptors (Lipinski definition) is 5. The number of aromatic nitrogens is 2. The molecule has 4 nitrogen and oxygen atoms in total. The van der Waals surface area contributed by atoms with Gasteiger partial charge >= 0.3 is 0 Å². The fourth-order valence-electron chi connectivity index (χ4n) is 3.43. The van der Waals surface area contributed by atoms with E-state index < -0.39 is 9.93 Å². The molecule has 7 heteroatoms. The molecule has 1 N–H and O–H groups in total. The van der Waals surface area contributed by atoms with E-state index in [0.29, 0.717) is 21.3 Å². The summed E-state index contributed by atoms with van der Waals surface area (Å²) < 4.78 is 13.4. The molecule has 2 heterocycles. The normalized spacial score (nSPS) is 16.1. The van der Waals surface area contributed by atoms with Crippen LogP contribution in [0.5, 0.6) is 0 Å². The van der Waals surface area contributed by atoms with Gasteiger partial charge in [-0.15, -0.1) is 11.3 Å². The number of nitrogens with one attached hydrogen (secondary N) is 1. The molecule has 0 unspecified atom stereocenters. The number of nitrogens with zero attached hydrogens (tertiary/aromatic N) is 2. The third kappa shape index (κ3) is 3.79. The number of benzene rings is 1. The lowest BCUT2D eigenvalue weighted by Gasteiger charge is -2.20. The fourth-order valence-corrected chi connectivity index (χ4v) is 6.73. The van der Waals surface area contributed by atoms with Crippen LogP contribution < -0.4 is 5.32 Å². The Morgan fingerprint density at radius 2 is 1.85 bits per heavy atom. The average Bonchev–Trinajstić information content (AvgIpc) is 3.07. The summed E-state index contributed by atoms with van der Waals surface area (Å²) in [6, 6.07) is 13.0. The molecule has 0 spiro atoms. The summed E-state index contributed by atoms with van der Waals surface area (Å²) in [5.41, 5.74) is 1.46. The number of anilines is 2. The Labute approximate surface area is 169 Å². The molecule has 142 valence electrons. The maximum absolute atomic E-state index is 13.4. The van der Waals surface area contributed by atoms with Crippen molar-refractivity contribution in [2.75, 3.05) is 11.6 Å². The van der Waals surface area contributed by atoms with Gasteiger partial charge in [-0.25, -0.2) is 9.97 Å². The van der Waals surface area contributed by atoms with Gasteiger partial charge in [0, 0.05) is 14.7 Å². The van der Waals surface area contributed by atoms with Gasteiger partial charge in [0.2, 0.25) is 0 Å². The molecule has 0 amide bonds. The third-order valence-electron chi connectivity index (χ3n) is 4.82. The first-order chi connectivity index (χ1) is 12.7. The van der Waals surface area contributed by atoms with Crippen molar-refractivity contribution in [3.05, 3.63) is 58.2 Å². The highest BCUT2D eigenvalue weighted by Gasteiger charge is 2.31. The molecule has 1 aliphatic carbocycles. The number of halogens is 1. The summed E-state index contributed by atoms with van der Waals surface area (Å²) in [6.07, 6.45) is 3.80. The lowest BCUT2D eigenvalue weighted by atomic mass is 9.91. The van der Waals surface area contributed by atoms with Crippen molar-refractivity contribution in [3.63, 3.8) is 0 Å². The summed E-state index contributed by atoms with van der Waals surface area (Å²) in [5, 5.41) is 4.38. The molecule has 0 aliphatic heterocycles. The number of thiazole rings is 1. The molecule has 3 aromatic rings. The van der Waals surface area contributed by atoms with E-state index in [1.165, 1.54) is 10.6 Å². The van der Waals surface area contributed by atoms with E-state index in [1.54, 1.807) is 23.7 Å². The molecule has 2 aromatic heterocycles. The minimum Gasteiger partial charge on any atom is -0.316 e. The number of fused-ring (bicyclic) bond motifs is 1. The van der Waals surface area contributed by atoms with Crippen LogP contribution in [0.25, 0.3) is 0 Å². The molecule has 0 saturated carbocycles. The van der Waals surface area contributed by atoms with Crippen LogP contribution in [-0.2, 0) is 22.8 Å². The van der Waals surface area contributed by atoms with Crippen LogP contribution in [0.15, 0.2) is 52.3 Å². The molecule has 0 radical (unpaired) electrons. The minimum atomic E-state index is -2.75. The predicted octanol–water partition coefficient (Wildman–Crippen LogP) is 5.12. The van der Waals surface area contributed by atoms with E-state index in [0.717, 1.165) is 22.9 Å². The van der Waals surface area contributed by atoms with Crippen LogP contribution in [0, 0.1) is 5.41 Å². The van der Waals surface area contributed by atoms with Crippen molar-refractivity contribution in [2.24, 2.45) is 5.41 Å². The van der Waals surface area contributed by atoms with Gasteiger partial charge in [0.1, 0.15) is 11.0 Å². The zero-order valence-electron chi connectivity index (χ0n) is 15.5. The molecule has 4 rings (SSSR count). The molecule has 0 saturated heterocycles. The second kappa shape index (κ2) is 6.69. The Hall–Kier alpha value is -1.76. The van der Waals surface area contributed by atoms with Crippen molar-refractivity contribution in [1.82, 2.24) is 9.97 Å². The van der Waals surface area contributed by atoms with Gasteiger partial charge in [0.05, 0.1) is 5.69 Å². The standard InChI is InChI=1S/C20H22ClN3OS2/c1-20(2)11-15-16(12-20)26-19(22-15)24-18-10-14(9-17(21)23-18)27(3,25)13-7-5-4-6-8-13/h4-10,27H,11-12H2,1-3H3,(H,22,23,24). The van der Waals surface area contributed by atoms with E-state index in [2.05, 4.69) is 24.1 Å². The Kier molecular flexibility index (Phi) is 4.61. The van der Waals surface area contributed by atoms with Crippen LogP contribution >= 0.6 is 22.9 Å². The highest BCUT2D eigenvalue weighted by molar-refractivity contribution is 8.02. The first kappa shape index (κ1) is 18.6. The van der Waals surface area contributed by atoms with Gasteiger partial charge < -0.3 is 5.32 Å². The van der Waals surface area contributed by atoms with Gasteiger partial charge in [0.25, 0.3) is 0 Å². The molecular formula is C20H22ClN3OS2.